The molecular weight excluding hydrogens is 458 g/mol. The molecule has 4 rings (SSSR count). The number of hydrogen-bond acceptors (Lipinski definition) is 6. The summed E-state index contributed by atoms with van der Waals surface area (Å²) in [5, 5.41) is 6.86. The van der Waals surface area contributed by atoms with Crippen LogP contribution in [0.5, 0.6) is 0 Å². The van der Waals surface area contributed by atoms with Gasteiger partial charge < -0.3 is 19.9 Å². The van der Waals surface area contributed by atoms with Crippen LogP contribution in [0.1, 0.15) is 38.8 Å². The molecule has 1 N–H and O–H groups in total. The molecule has 0 saturated carbocycles. The Kier molecular flexibility index (Phi) is 6.86. The number of benzene rings is 1. The molecule has 0 bridgehead atoms. The quantitative estimate of drug-likeness (QED) is 0.513. The van der Waals surface area contributed by atoms with E-state index in [-0.39, 0.29) is 37.9 Å². The fourth-order valence-corrected chi connectivity index (χ4v) is 4.10. The van der Waals surface area contributed by atoms with E-state index in [1.807, 2.05) is 0 Å². The summed E-state index contributed by atoms with van der Waals surface area (Å²) in [6.07, 6.45) is 2.36. The van der Waals surface area contributed by atoms with Crippen molar-refractivity contribution in [3.8, 4) is 0 Å². The van der Waals surface area contributed by atoms with Crippen LogP contribution in [0.4, 0.5) is 25.1 Å². The van der Waals surface area contributed by atoms with Gasteiger partial charge in [0.05, 0.1) is 18.8 Å². The van der Waals surface area contributed by atoms with Gasteiger partial charge in [-0.25, -0.2) is 23.1 Å². The van der Waals surface area contributed by atoms with Crippen LogP contribution < -0.4 is 15.1 Å². The van der Waals surface area contributed by atoms with Gasteiger partial charge in [-0.2, -0.15) is 5.10 Å². The topological polar surface area (TPSA) is 92.1 Å². The van der Waals surface area contributed by atoms with E-state index in [0.29, 0.717) is 29.1 Å². The lowest BCUT2D eigenvalue weighted by atomic mass is 10.0. The molecule has 3 heterocycles. The first kappa shape index (κ1) is 24.4. The highest BCUT2D eigenvalue weighted by molar-refractivity contribution is 5.83. The minimum Gasteiger partial charge on any atom is -0.444 e. The van der Waals surface area contributed by atoms with E-state index in [9.17, 15) is 18.4 Å². The molecule has 35 heavy (non-hydrogen) atoms. The number of alkyl carbamates (subject to hydrolysis) is 1. The molecule has 0 spiro atoms. The zero-order chi connectivity index (χ0) is 25.2. The standard InChI is InChI=1S/C24H28F2N6O3/c1-24(2,3)35-23(34)27-8-10-30(15-33)20-13-28-32-9-7-21(29-22(20)32)31-14-18(26)12-19(31)16-5-4-6-17(25)11-16/h4-7,9,11,13,15,18-19H,8,10,12,14H2,1-3H3,(H,27,34). The van der Waals surface area contributed by atoms with Crippen molar-refractivity contribution in [3.63, 3.8) is 0 Å². The molecule has 1 fully saturated rings. The summed E-state index contributed by atoms with van der Waals surface area (Å²) < 4.78 is 35.0. The molecule has 3 aromatic rings. The Morgan fingerprint density at radius 3 is 2.86 bits per heavy atom. The molecular formula is C24H28F2N6O3. The van der Waals surface area contributed by atoms with Crippen LogP contribution in [0.25, 0.3) is 5.65 Å². The SMILES string of the molecule is CC(C)(C)OC(=O)NCCN(C=O)c1cnn2ccc(N3CC(F)CC3c3cccc(F)c3)nc12. The summed E-state index contributed by atoms with van der Waals surface area (Å²) in [4.78, 5) is 31.6. The number of ether oxygens (including phenoxy) is 1. The number of halogens is 2. The number of aromatic nitrogens is 3. The number of fused-ring (bicyclic) bond motifs is 1. The number of anilines is 2. The van der Waals surface area contributed by atoms with Crippen LogP contribution >= 0.6 is 0 Å². The molecule has 186 valence electrons. The third-order valence-corrected chi connectivity index (χ3v) is 5.57. The molecule has 1 aromatic carbocycles. The molecule has 2 unspecified atom stereocenters. The summed E-state index contributed by atoms with van der Waals surface area (Å²) in [6, 6.07) is 7.47. The summed E-state index contributed by atoms with van der Waals surface area (Å²) in [5.41, 5.74) is 0.871. The first-order valence-electron chi connectivity index (χ1n) is 11.3. The molecule has 2 atom stereocenters. The fraction of sp³-hybridized carbons (Fsp3) is 0.417. The van der Waals surface area contributed by atoms with Crippen LogP contribution in [-0.2, 0) is 9.53 Å². The molecule has 1 saturated heterocycles. The minimum atomic E-state index is -1.09. The van der Waals surface area contributed by atoms with Gasteiger partial charge in [-0.3, -0.25) is 4.79 Å². The Morgan fingerprint density at radius 1 is 1.34 bits per heavy atom. The van der Waals surface area contributed by atoms with Crippen molar-refractivity contribution in [2.24, 2.45) is 0 Å². The van der Waals surface area contributed by atoms with Crippen molar-refractivity contribution in [2.45, 2.75) is 45.0 Å². The van der Waals surface area contributed by atoms with Crippen molar-refractivity contribution in [1.29, 1.82) is 0 Å². The average Bonchev–Trinajstić information content (AvgIpc) is 3.39. The van der Waals surface area contributed by atoms with Gasteiger partial charge in [-0.05, 0) is 44.5 Å². The van der Waals surface area contributed by atoms with Crippen LogP contribution in [0, 0.1) is 5.82 Å². The highest BCUT2D eigenvalue weighted by Crippen LogP contribution is 2.37. The third kappa shape index (κ3) is 5.67. The molecule has 2 aromatic heterocycles. The molecule has 1 aliphatic rings. The van der Waals surface area contributed by atoms with Crippen molar-refractivity contribution < 1.29 is 23.1 Å². The van der Waals surface area contributed by atoms with Gasteiger partial charge >= 0.3 is 6.09 Å². The Balaban J connectivity index is 1.55. The maximum atomic E-state index is 14.4. The predicted molar refractivity (Wildman–Crippen MR) is 127 cm³/mol. The predicted octanol–water partition coefficient (Wildman–Crippen LogP) is 3.65. The van der Waals surface area contributed by atoms with Crippen molar-refractivity contribution in [1.82, 2.24) is 19.9 Å². The highest BCUT2D eigenvalue weighted by atomic mass is 19.1. The molecule has 0 aliphatic carbocycles. The van der Waals surface area contributed by atoms with Crippen LogP contribution in [0.15, 0.2) is 42.7 Å². The second-order valence-corrected chi connectivity index (χ2v) is 9.37. The molecule has 2 amide bonds. The summed E-state index contributed by atoms with van der Waals surface area (Å²) in [7, 11) is 0. The number of carbonyl (C=O) groups is 2. The highest BCUT2D eigenvalue weighted by Gasteiger charge is 2.34. The number of nitrogens with one attached hydrogen (secondary N) is 1. The largest absolute Gasteiger partial charge is 0.444 e. The van der Waals surface area contributed by atoms with Gasteiger partial charge in [0.1, 0.15) is 29.1 Å². The number of amides is 2. The van der Waals surface area contributed by atoms with Gasteiger partial charge in [0.2, 0.25) is 6.41 Å². The third-order valence-electron chi connectivity index (χ3n) is 5.57. The summed E-state index contributed by atoms with van der Waals surface area (Å²) in [5.74, 6) is 0.110. The van der Waals surface area contributed by atoms with E-state index in [1.165, 1.54) is 27.7 Å². The zero-order valence-corrected chi connectivity index (χ0v) is 19.8. The lowest BCUT2D eigenvalue weighted by Gasteiger charge is -2.26. The van der Waals surface area contributed by atoms with E-state index < -0.39 is 17.9 Å². The maximum Gasteiger partial charge on any atom is 0.407 e. The lowest BCUT2D eigenvalue weighted by molar-refractivity contribution is -0.107. The van der Waals surface area contributed by atoms with E-state index >= 15 is 0 Å². The molecule has 1 aliphatic heterocycles. The van der Waals surface area contributed by atoms with E-state index in [0.717, 1.165) is 0 Å². The van der Waals surface area contributed by atoms with Crippen molar-refractivity contribution >= 4 is 29.7 Å². The molecule has 9 nitrogen and oxygen atoms in total. The number of hydrogen-bond donors (Lipinski definition) is 1. The normalized spacial score (nSPS) is 18.0. The maximum absolute atomic E-state index is 14.4. The number of nitrogens with zero attached hydrogens (tertiary/aromatic N) is 5. The monoisotopic (exact) mass is 486 g/mol. The van der Waals surface area contributed by atoms with Gasteiger partial charge in [-0.15, -0.1) is 0 Å². The first-order valence-corrected chi connectivity index (χ1v) is 11.3. The van der Waals surface area contributed by atoms with Crippen molar-refractivity contribution in [3.05, 3.63) is 54.1 Å². The number of alkyl halides is 1. The smallest absolute Gasteiger partial charge is 0.407 e. The van der Waals surface area contributed by atoms with E-state index in [4.69, 9.17) is 4.74 Å². The fourth-order valence-electron chi connectivity index (χ4n) is 4.10. The Labute approximate surface area is 201 Å². The van der Waals surface area contributed by atoms with Gasteiger partial charge in [0.25, 0.3) is 0 Å². The van der Waals surface area contributed by atoms with Crippen LogP contribution in [0.3, 0.4) is 0 Å². The van der Waals surface area contributed by atoms with Gasteiger partial charge in [0.15, 0.2) is 5.65 Å². The van der Waals surface area contributed by atoms with E-state index in [2.05, 4.69) is 15.4 Å². The zero-order valence-electron chi connectivity index (χ0n) is 19.8. The average molecular weight is 487 g/mol. The Hall–Kier alpha value is -3.76. The number of rotatable bonds is 7. The summed E-state index contributed by atoms with van der Waals surface area (Å²) >= 11 is 0. The van der Waals surface area contributed by atoms with E-state index in [1.54, 1.807) is 50.1 Å². The lowest BCUT2D eigenvalue weighted by Crippen LogP contribution is -2.37. The van der Waals surface area contributed by atoms with Crippen LogP contribution in [0.2, 0.25) is 0 Å². The first-order chi connectivity index (χ1) is 16.6. The Morgan fingerprint density at radius 2 is 2.14 bits per heavy atom. The number of carbonyl (C=O) groups excluding carboxylic acids is 2. The van der Waals surface area contributed by atoms with Crippen molar-refractivity contribution in [2.75, 3.05) is 29.4 Å². The van der Waals surface area contributed by atoms with Crippen LogP contribution in [-0.4, -0.2) is 58.5 Å². The molecule has 0 radical (unpaired) electrons. The molecule has 11 heteroatoms. The second-order valence-electron chi connectivity index (χ2n) is 9.37. The van der Waals surface area contributed by atoms with Gasteiger partial charge in [-0.1, -0.05) is 12.1 Å². The Bertz CT molecular complexity index is 1210. The second kappa shape index (κ2) is 9.85. The minimum absolute atomic E-state index is 0.116. The summed E-state index contributed by atoms with van der Waals surface area (Å²) in [6.45, 7) is 5.72. The van der Waals surface area contributed by atoms with Gasteiger partial charge in [0, 0.05) is 25.7 Å².